The molecule has 0 bridgehead atoms. The topological polar surface area (TPSA) is 83.8 Å². The Balaban J connectivity index is 2.95. The van der Waals surface area contributed by atoms with Gasteiger partial charge in [0.1, 0.15) is 0 Å². The molecule has 0 aliphatic carbocycles. The van der Waals surface area contributed by atoms with E-state index in [-0.39, 0.29) is 18.6 Å². The molecule has 0 radical (unpaired) electrons. The number of carboxylic acids is 2. The van der Waals surface area contributed by atoms with Crippen LogP contribution < -0.4 is 0 Å². The minimum atomic E-state index is -1.32. The van der Waals surface area contributed by atoms with Gasteiger partial charge in [0.05, 0.1) is 12.2 Å². The first-order valence-electron chi connectivity index (χ1n) is 2.95. The molecular weight excluding hydrogens is 152 g/mol. The molecule has 0 fully saturated rings. The van der Waals surface area contributed by atoms with Crippen LogP contribution in [-0.4, -0.2) is 28.8 Å². The van der Waals surface area contributed by atoms with Crippen LogP contribution in [0, 0.1) is 0 Å². The second kappa shape index (κ2) is 2.61. The summed E-state index contributed by atoms with van der Waals surface area (Å²) in [6, 6.07) is 0. The van der Waals surface area contributed by atoms with E-state index in [9.17, 15) is 9.59 Å². The van der Waals surface area contributed by atoms with Crippen molar-refractivity contribution in [2.75, 3.05) is 6.61 Å². The third-order valence-corrected chi connectivity index (χ3v) is 1.32. The second-order valence-corrected chi connectivity index (χ2v) is 2.02. The highest BCUT2D eigenvalue weighted by molar-refractivity contribution is 5.97. The third-order valence-electron chi connectivity index (χ3n) is 1.32. The van der Waals surface area contributed by atoms with E-state index in [0.29, 0.717) is 0 Å². The Morgan fingerprint density at radius 1 is 1.27 bits per heavy atom. The summed E-state index contributed by atoms with van der Waals surface area (Å²) in [6.45, 7) is 0.142. The van der Waals surface area contributed by atoms with Crippen LogP contribution >= 0.6 is 0 Å². The van der Waals surface area contributed by atoms with Crippen molar-refractivity contribution in [2.24, 2.45) is 0 Å². The van der Waals surface area contributed by atoms with Crippen molar-refractivity contribution in [1.29, 1.82) is 0 Å². The fourth-order valence-corrected chi connectivity index (χ4v) is 0.851. The summed E-state index contributed by atoms with van der Waals surface area (Å²) in [5.74, 6) is -2.97. The smallest absolute Gasteiger partial charge is 0.371 e. The SMILES string of the molecule is O=C(O)C1=C(C(=O)O)OCC1. The van der Waals surface area contributed by atoms with Gasteiger partial charge in [0.15, 0.2) is 0 Å². The van der Waals surface area contributed by atoms with Crippen LogP contribution in [0.3, 0.4) is 0 Å². The van der Waals surface area contributed by atoms with Crippen molar-refractivity contribution in [2.45, 2.75) is 6.42 Å². The quantitative estimate of drug-likeness (QED) is 0.582. The van der Waals surface area contributed by atoms with Crippen LogP contribution in [0.5, 0.6) is 0 Å². The minimum absolute atomic E-state index is 0.142. The van der Waals surface area contributed by atoms with Crippen molar-refractivity contribution in [3.8, 4) is 0 Å². The number of carboxylic acid groups (broad SMARTS) is 2. The largest absolute Gasteiger partial charge is 0.486 e. The van der Waals surface area contributed by atoms with Gasteiger partial charge in [0.2, 0.25) is 5.76 Å². The highest BCUT2D eigenvalue weighted by Crippen LogP contribution is 2.18. The van der Waals surface area contributed by atoms with Crippen molar-refractivity contribution in [3.63, 3.8) is 0 Å². The van der Waals surface area contributed by atoms with E-state index in [4.69, 9.17) is 10.2 Å². The zero-order valence-corrected chi connectivity index (χ0v) is 5.53. The van der Waals surface area contributed by atoms with Crippen LogP contribution in [-0.2, 0) is 14.3 Å². The molecule has 0 atom stereocenters. The van der Waals surface area contributed by atoms with Crippen LogP contribution in [0.15, 0.2) is 11.3 Å². The van der Waals surface area contributed by atoms with Crippen LogP contribution in [0.4, 0.5) is 0 Å². The van der Waals surface area contributed by atoms with Gasteiger partial charge < -0.3 is 14.9 Å². The number of rotatable bonds is 2. The predicted octanol–water partition coefficient (Wildman–Crippen LogP) is -0.170. The summed E-state index contributed by atoms with van der Waals surface area (Å²) < 4.78 is 4.59. The van der Waals surface area contributed by atoms with Crippen LogP contribution in [0.1, 0.15) is 6.42 Å². The summed E-state index contributed by atoms with van der Waals surface area (Å²) in [6.07, 6.45) is 0.164. The van der Waals surface area contributed by atoms with E-state index in [1.165, 1.54) is 0 Å². The molecule has 60 valence electrons. The molecule has 1 aliphatic rings. The number of hydrogen-bond acceptors (Lipinski definition) is 3. The molecular formula is C6H6O5. The molecule has 0 unspecified atom stereocenters. The molecule has 5 heteroatoms. The number of hydrogen-bond donors (Lipinski definition) is 2. The van der Waals surface area contributed by atoms with Gasteiger partial charge in [-0.1, -0.05) is 0 Å². The molecule has 0 saturated heterocycles. The summed E-state index contributed by atoms with van der Waals surface area (Å²) in [5, 5.41) is 16.8. The summed E-state index contributed by atoms with van der Waals surface area (Å²) in [4.78, 5) is 20.6. The van der Waals surface area contributed by atoms with Crippen molar-refractivity contribution >= 4 is 11.9 Å². The van der Waals surface area contributed by atoms with E-state index >= 15 is 0 Å². The molecule has 0 spiro atoms. The maximum absolute atomic E-state index is 10.3. The first kappa shape index (κ1) is 7.59. The fourth-order valence-electron chi connectivity index (χ4n) is 0.851. The van der Waals surface area contributed by atoms with E-state index < -0.39 is 17.7 Å². The molecule has 0 saturated carbocycles. The maximum Gasteiger partial charge on any atom is 0.371 e. The van der Waals surface area contributed by atoms with Gasteiger partial charge >= 0.3 is 11.9 Å². The van der Waals surface area contributed by atoms with Gasteiger partial charge in [-0.3, -0.25) is 0 Å². The van der Waals surface area contributed by atoms with Gasteiger partial charge in [-0.15, -0.1) is 0 Å². The highest BCUT2D eigenvalue weighted by atomic mass is 16.5. The maximum atomic E-state index is 10.3. The molecule has 1 rings (SSSR count). The number of carbonyl (C=O) groups is 2. The average Bonchev–Trinajstić information content (AvgIpc) is 2.32. The monoisotopic (exact) mass is 158 g/mol. The van der Waals surface area contributed by atoms with Gasteiger partial charge in [0.25, 0.3) is 0 Å². The Morgan fingerprint density at radius 2 is 1.91 bits per heavy atom. The zero-order chi connectivity index (χ0) is 8.43. The molecule has 0 aromatic heterocycles. The Morgan fingerprint density at radius 3 is 2.27 bits per heavy atom. The normalized spacial score (nSPS) is 16.4. The summed E-state index contributed by atoms with van der Waals surface area (Å²) >= 11 is 0. The first-order valence-corrected chi connectivity index (χ1v) is 2.95. The Kier molecular flexibility index (Phi) is 1.80. The third kappa shape index (κ3) is 1.31. The van der Waals surface area contributed by atoms with E-state index in [1.54, 1.807) is 0 Å². The van der Waals surface area contributed by atoms with Gasteiger partial charge in [-0.25, -0.2) is 9.59 Å². The first-order chi connectivity index (χ1) is 5.13. The second-order valence-electron chi connectivity index (χ2n) is 2.02. The van der Waals surface area contributed by atoms with E-state index in [2.05, 4.69) is 4.74 Å². The minimum Gasteiger partial charge on any atom is -0.486 e. The predicted molar refractivity (Wildman–Crippen MR) is 32.9 cm³/mol. The molecule has 1 heterocycles. The molecule has 0 amide bonds. The summed E-state index contributed by atoms with van der Waals surface area (Å²) in [7, 11) is 0. The standard InChI is InChI=1S/C6H6O5/c7-5(8)3-1-2-11-4(3)6(9)10/h1-2H2,(H,7,8)(H,9,10). The Hall–Kier alpha value is -1.52. The molecule has 11 heavy (non-hydrogen) atoms. The fraction of sp³-hybridized carbons (Fsp3) is 0.333. The van der Waals surface area contributed by atoms with Crippen molar-refractivity contribution < 1.29 is 24.5 Å². The zero-order valence-electron chi connectivity index (χ0n) is 5.53. The number of aliphatic carboxylic acids is 2. The lowest BCUT2D eigenvalue weighted by Gasteiger charge is -1.95. The molecule has 1 aliphatic heterocycles. The highest BCUT2D eigenvalue weighted by Gasteiger charge is 2.26. The Bertz CT molecular complexity index is 215. The van der Waals surface area contributed by atoms with Gasteiger partial charge in [-0.05, 0) is 0 Å². The molecule has 5 nitrogen and oxygen atoms in total. The average molecular weight is 158 g/mol. The van der Waals surface area contributed by atoms with Crippen LogP contribution in [0.25, 0.3) is 0 Å². The van der Waals surface area contributed by atoms with Gasteiger partial charge in [-0.2, -0.15) is 0 Å². The molecule has 2 N–H and O–H groups in total. The Labute approximate surface area is 61.9 Å². The molecule has 0 aromatic carbocycles. The van der Waals surface area contributed by atoms with Crippen molar-refractivity contribution in [1.82, 2.24) is 0 Å². The molecule has 0 aromatic rings. The lowest BCUT2D eigenvalue weighted by molar-refractivity contribution is -0.138. The summed E-state index contributed by atoms with van der Waals surface area (Å²) in [5.41, 5.74) is -0.155. The van der Waals surface area contributed by atoms with E-state index in [0.717, 1.165) is 0 Å². The van der Waals surface area contributed by atoms with Crippen LogP contribution in [0.2, 0.25) is 0 Å². The van der Waals surface area contributed by atoms with Crippen molar-refractivity contribution in [3.05, 3.63) is 11.3 Å². The number of ether oxygens (including phenoxy) is 1. The van der Waals surface area contributed by atoms with Gasteiger partial charge in [0, 0.05) is 6.42 Å². The lowest BCUT2D eigenvalue weighted by Crippen LogP contribution is -2.07. The van der Waals surface area contributed by atoms with E-state index in [1.807, 2.05) is 0 Å². The lowest BCUT2D eigenvalue weighted by atomic mass is 10.2.